The van der Waals surface area contributed by atoms with Crippen LogP contribution in [0.1, 0.15) is 13.8 Å². The Balaban J connectivity index is 3.65. The third kappa shape index (κ3) is 5.21. The van der Waals surface area contributed by atoms with E-state index < -0.39 is 5.44 Å². The van der Waals surface area contributed by atoms with E-state index in [2.05, 4.69) is 6.58 Å². The molecule has 0 spiro atoms. The predicted molar refractivity (Wildman–Crippen MR) is 49.9 cm³/mol. The minimum Gasteiger partial charge on any atom is -0.463 e. The maximum Gasteiger partial charge on any atom is 0.334 e. The Bertz CT molecular complexity index is 166. The van der Waals surface area contributed by atoms with Crippen LogP contribution in [0.3, 0.4) is 0 Å². The second-order valence-corrected chi connectivity index (χ2v) is 3.54. The highest BCUT2D eigenvalue weighted by Gasteiger charge is 2.08. The molecule has 0 amide bonds. The number of thioether (sulfide) groups is 1. The second kappa shape index (κ2) is 6.08. The Hall–Kier alpha value is -0.480. The molecular formula is C8H14O3S. The highest BCUT2D eigenvalue weighted by Crippen LogP contribution is 2.11. The molecule has 12 heavy (non-hydrogen) atoms. The quantitative estimate of drug-likeness (QED) is 0.402. The lowest BCUT2D eigenvalue weighted by Crippen LogP contribution is -2.09. The third-order valence-corrected chi connectivity index (χ3v) is 2.06. The van der Waals surface area contributed by atoms with Gasteiger partial charge >= 0.3 is 5.97 Å². The zero-order chi connectivity index (χ0) is 9.56. The molecule has 0 heterocycles. The van der Waals surface area contributed by atoms with Crippen LogP contribution in [0.4, 0.5) is 0 Å². The predicted octanol–water partition coefficient (Wildman–Crippen LogP) is 1.18. The van der Waals surface area contributed by atoms with Gasteiger partial charge in [-0.2, -0.15) is 0 Å². The van der Waals surface area contributed by atoms with Gasteiger partial charge in [-0.3, -0.25) is 0 Å². The molecule has 0 saturated heterocycles. The molecule has 1 N–H and O–H groups in total. The molecule has 0 aromatic heterocycles. The molecule has 70 valence electrons. The number of hydrogen-bond acceptors (Lipinski definition) is 4. The molecule has 0 saturated carbocycles. The van der Waals surface area contributed by atoms with E-state index in [0.717, 1.165) is 0 Å². The van der Waals surface area contributed by atoms with Gasteiger partial charge in [0.25, 0.3) is 0 Å². The molecule has 1 unspecified atom stereocenters. The van der Waals surface area contributed by atoms with Crippen molar-refractivity contribution in [3.8, 4) is 0 Å². The summed E-state index contributed by atoms with van der Waals surface area (Å²) in [5, 5.41) is 8.88. The fraction of sp³-hybridized carbons (Fsp3) is 0.625. The summed E-state index contributed by atoms with van der Waals surface area (Å²) in [6.07, 6.45) is 0. The van der Waals surface area contributed by atoms with Crippen molar-refractivity contribution in [1.82, 2.24) is 0 Å². The standard InChI is InChI=1S/C8H14O3S/c1-4-11-8(10)6(2)5-12-7(3)9/h7,9H,2,4-5H2,1,3H3. The molecule has 0 rings (SSSR count). The van der Waals surface area contributed by atoms with Crippen molar-refractivity contribution in [2.45, 2.75) is 19.3 Å². The lowest BCUT2D eigenvalue weighted by Gasteiger charge is -2.05. The van der Waals surface area contributed by atoms with Gasteiger partial charge in [0, 0.05) is 11.3 Å². The Morgan fingerprint density at radius 3 is 2.75 bits per heavy atom. The average Bonchev–Trinajstić information content (AvgIpc) is 2.00. The number of carbonyl (C=O) groups is 1. The molecule has 0 aliphatic carbocycles. The van der Waals surface area contributed by atoms with Gasteiger partial charge in [0.15, 0.2) is 0 Å². The van der Waals surface area contributed by atoms with Gasteiger partial charge in [-0.1, -0.05) is 6.58 Å². The SMILES string of the molecule is C=C(CSC(C)O)C(=O)OCC. The molecule has 1 atom stereocenters. The van der Waals surface area contributed by atoms with Crippen LogP contribution in [0.15, 0.2) is 12.2 Å². The van der Waals surface area contributed by atoms with Crippen LogP contribution in [0.5, 0.6) is 0 Å². The van der Waals surface area contributed by atoms with Crippen LogP contribution < -0.4 is 0 Å². The zero-order valence-electron chi connectivity index (χ0n) is 7.37. The van der Waals surface area contributed by atoms with E-state index in [-0.39, 0.29) is 5.97 Å². The van der Waals surface area contributed by atoms with Gasteiger partial charge in [0.05, 0.1) is 12.0 Å². The van der Waals surface area contributed by atoms with E-state index >= 15 is 0 Å². The van der Waals surface area contributed by atoms with Crippen LogP contribution in [0.2, 0.25) is 0 Å². The second-order valence-electron chi connectivity index (χ2n) is 2.23. The first kappa shape index (κ1) is 11.5. The fourth-order valence-corrected chi connectivity index (χ4v) is 1.07. The Labute approximate surface area is 76.8 Å². The van der Waals surface area contributed by atoms with E-state index in [4.69, 9.17) is 9.84 Å². The lowest BCUT2D eigenvalue weighted by molar-refractivity contribution is -0.138. The molecule has 0 radical (unpaired) electrons. The molecule has 0 bridgehead atoms. The summed E-state index contributed by atoms with van der Waals surface area (Å²) in [5.41, 5.74) is -0.0843. The molecule has 3 nitrogen and oxygen atoms in total. The Morgan fingerprint density at radius 2 is 2.33 bits per heavy atom. The molecule has 0 aliphatic heterocycles. The van der Waals surface area contributed by atoms with Crippen molar-refractivity contribution in [3.63, 3.8) is 0 Å². The summed E-state index contributed by atoms with van der Waals surface area (Å²) in [5.74, 6) is 0.0295. The van der Waals surface area contributed by atoms with Crippen molar-refractivity contribution in [3.05, 3.63) is 12.2 Å². The van der Waals surface area contributed by atoms with E-state index in [9.17, 15) is 4.79 Å². The van der Waals surface area contributed by atoms with Crippen LogP contribution in [0.25, 0.3) is 0 Å². The van der Waals surface area contributed by atoms with Crippen LogP contribution in [-0.4, -0.2) is 28.9 Å². The van der Waals surface area contributed by atoms with Gasteiger partial charge in [-0.05, 0) is 13.8 Å². The monoisotopic (exact) mass is 190 g/mol. The normalized spacial score (nSPS) is 12.2. The molecule has 0 aliphatic rings. The summed E-state index contributed by atoms with van der Waals surface area (Å²) in [7, 11) is 0. The molecule has 0 fully saturated rings. The first-order valence-corrected chi connectivity index (χ1v) is 4.77. The smallest absolute Gasteiger partial charge is 0.334 e. The summed E-state index contributed by atoms with van der Waals surface area (Å²) in [6, 6.07) is 0. The minimum atomic E-state index is -0.476. The number of aliphatic hydroxyl groups excluding tert-OH is 1. The molecular weight excluding hydrogens is 176 g/mol. The summed E-state index contributed by atoms with van der Waals surface area (Å²) in [4.78, 5) is 10.9. The third-order valence-electron chi connectivity index (χ3n) is 1.06. The van der Waals surface area contributed by atoms with Gasteiger partial charge in [0.1, 0.15) is 0 Å². The van der Waals surface area contributed by atoms with Crippen molar-refractivity contribution in [2.24, 2.45) is 0 Å². The minimum absolute atomic E-state index is 0.358. The number of esters is 1. The first-order chi connectivity index (χ1) is 5.57. The van der Waals surface area contributed by atoms with Crippen molar-refractivity contribution >= 4 is 17.7 Å². The summed E-state index contributed by atoms with van der Waals surface area (Å²) < 4.78 is 4.70. The van der Waals surface area contributed by atoms with Crippen molar-refractivity contribution < 1.29 is 14.6 Å². The molecule has 0 aromatic rings. The number of carbonyl (C=O) groups excluding carboxylic acids is 1. The Kier molecular flexibility index (Phi) is 5.84. The lowest BCUT2D eigenvalue weighted by atomic mass is 10.4. The van der Waals surface area contributed by atoms with E-state index in [1.54, 1.807) is 13.8 Å². The topological polar surface area (TPSA) is 46.5 Å². The van der Waals surface area contributed by atoms with E-state index in [0.29, 0.717) is 17.9 Å². The van der Waals surface area contributed by atoms with Crippen LogP contribution >= 0.6 is 11.8 Å². The maximum absolute atomic E-state index is 10.9. The Morgan fingerprint density at radius 1 is 1.75 bits per heavy atom. The largest absolute Gasteiger partial charge is 0.463 e. The first-order valence-electron chi connectivity index (χ1n) is 3.72. The van der Waals surface area contributed by atoms with Crippen LogP contribution in [0, 0.1) is 0 Å². The molecule has 4 heteroatoms. The van der Waals surface area contributed by atoms with Crippen molar-refractivity contribution in [1.29, 1.82) is 0 Å². The average molecular weight is 190 g/mol. The highest BCUT2D eigenvalue weighted by atomic mass is 32.2. The van der Waals surface area contributed by atoms with Crippen LogP contribution in [-0.2, 0) is 9.53 Å². The summed E-state index contributed by atoms with van der Waals surface area (Å²) in [6.45, 7) is 7.28. The van der Waals surface area contributed by atoms with Gasteiger partial charge in [0.2, 0.25) is 0 Å². The number of hydrogen-bond donors (Lipinski definition) is 1. The van der Waals surface area contributed by atoms with E-state index in [1.807, 2.05) is 0 Å². The number of rotatable bonds is 5. The van der Waals surface area contributed by atoms with Gasteiger partial charge < -0.3 is 9.84 Å². The highest BCUT2D eigenvalue weighted by molar-refractivity contribution is 7.99. The number of ether oxygens (including phenoxy) is 1. The van der Waals surface area contributed by atoms with Gasteiger partial charge in [-0.25, -0.2) is 4.79 Å². The number of aliphatic hydroxyl groups is 1. The fourth-order valence-electron chi connectivity index (χ4n) is 0.513. The zero-order valence-corrected chi connectivity index (χ0v) is 8.19. The molecule has 0 aromatic carbocycles. The summed E-state index contributed by atoms with van der Waals surface area (Å²) >= 11 is 1.25. The van der Waals surface area contributed by atoms with E-state index in [1.165, 1.54) is 11.8 Å². The maximum atomic E-state index is 10.9. The van der Waals surface area contributed by atoms with Gasteiger partial charge in [-0.15, -0.1) is 11.8 Å². The van der Waals surface area contributed by atoms with Crippen molar-refractivity contribution in [2.75, 3.05) is 12.4 Å².